The van der Waals surface area contributed by atoms with Crippen LogP contribution in [0.2, 0.25) is 5.02 Å². The number of nitrogens with zero attached hydrogens (tertiary/aromatic N) is 4. The molecule has 2 heterocycles. The van der Waals surface area contributed by atoms with Crippen molar-refractivity contribution in [1.29, 1.82) is 0 Å². The van der Waals surface area contributed by atoms with Crippen molar-refractivity contribution >= 4 is 52.1 Å². The Morgan fingerprint density at radius 2 is 2.03 bits per heavy atom. The molecule has 36 heavy (non-hydrogen) atoms. The third-order valence-corrected chi connectivity index (χ3v) is 5.78. The number of carbonyl (C=O) groups is 4. The molecule has 0 radical (unpaired) electrons. The minimum absolute atomic E-state index is 0.0576. The van der Waals surface area contributed by atoms with Crippen LogP contribution in [0.5, 0.6) is 0 Å². The number of anilines is 1. The minimum Gasteiger partial charge on any atom is -0.465 e. The van der Waals surface area contributed by atoms with Gasteiger partial charge in [0.1, 0.15) is 12.4 Å². The van der Waals surface area contributed by atoms with E-state index < -0.39 is 29.6 Å². The Labute approximate surface area is 208 Å². The molecule has 188 valence electrons. The molecule has 0 unspecified atom stereocenters. The summed E-state index contributed by atoms with van der Waals surface area (Å²) in [6.45, 7) is -0.691. The molecule has 5 N–H and O–H groups in total. The van der Waals surface area contributed by atoms with Crippen molar-refractivity contribution in [3.8, 4) is 0 Å². The molecular formula is C22H21ClFN7O5. The number of nitrogens with one attached hydrogen (secondary N) is 2. The van der Waals surface area contributed by atoms with Gasteiger partial charge in [0.2, 0.25) is 11.8 Å². The summed E-state index contributed by atoms with van der Waals surface area (Å²) in [6.07, 6.45) is 1.33. The quantitative estimate of drug-likeness (QED) is 0.334. The molecule has 1 aromatic carbocycles. The molecule has 2 aromatic heterocycles. The molecule has 12 nitrogen and oxygen atoms in total. The van der Waals surface area contributed by atoms with Gasteiger partial charge in [-0.25, -0.2) is 18.9 Å². The second-order valence-corrected chi connectivity index (χ2v) is 8.55. The molecule has 0 spiro atoms. The molecule has 0 bridgehead atoms. The molecular weight excluding hydrogens is 497 g/mol. The lowest BCUT2D eigenvalue weighted by Crippen LogP contribution is -2.43. The topological polar surface area (TPSA) is 173 Å². The predicted octanol–water partition coefficient (Wildman–Crippen LogP) is 1.72. The number of halogens is 2. The number of carbonyl (C=O) groups excluding carboxylic acids is 3. The SMILES string of the molecule is NC(=O)c1nn(CC(=O)N(CC(=O)NCc2cccc(Cl)c2F)C2CC2)c2ncc(NC(=O)O)cc12. The molecule has 0 saturated heterocycles. The number of hydrogen-bond donors (Lipinski definition) is 4. The summed E-state index contributed by atoms with van der Waals surface area (Å²) in [5.41, 5.74) is 5.67. The highest BCUT2D eigenvalue weighted by atomic mass is 35.5. The predicted molar refractivity (Wildman–Crippen MR) is 126 cm³/mol. The van der Waals surface area contributed by atoms with Crippen LogP contribution in [0.4, 0.5) is 14.9 Å². The van der Waals surface area contributed by atoms with Crippen molar-refractivity contribution in [2.45, 2.75) is 32.0 Å². The van der Waals surface area contributed by atoms with Gasteiger partial charge in [-0.15, -0.1) is 0 Å². The summed E-state index contributed by atoms with van der Waals surface area (Å²) in [6, 6.07) is 5.66. The maximum atomic E-state index is 14.1. The van der Waals surface area contributed by atoms with Gasteiger partial charge in [-0.2, -0.15) is 5.10 Å². The minimum atomic E-state index is -1.32. The van der Waals surface area contributed by atoms with E-state index in [9.17, 15) is 23.6 Å². The van der Waals surface area contributed by atoms with E-state index in [1.54, 1.807) is 6.07 Å². The van der Waals surface area contributed by atoms with Gasteiger partial charge in [0.15, 0.2) is 11.3 Å². The van der Waals surface area contributed by atoms with Gasteiger partial charge < -0.3 is 21.1 Å². The summed E-state index contributed by atoms with van der Waals surface area (Å²) in [4.78, 5) is 53.9. The fraction of sp³-hybridized carbons (Fsp3) is 0.273. The number of rotatable bonds is 9. The lowest BCUT2D eigenvalue weighted by Gasteiger charge is -2.22. The van der Waals surface area contributed by atoms with Crippen LogP contribution in [0.1, 0.15) is 28.9 Å². The van der Waals surface area contributed by atoms with E-state index in [0.29, 0.717) is 0 Å². The van der Waals surface area contributed by atoms with Gasteiger partial charge in [-0.1, -0.05) is 23.7 Å². The summed E-state index contributed by atoms with van der Waals surface area (Å²) in [5.74, 6) is -2.44. The average molecular weight is 518 g/mol. The van der Waals surface area contributed by atoms with Gasteiger partial charge in [0.25, 0.3) is 5.91 Å². The number of aromatic nitrogens is 3. The summed E-state index contributed by atoms with van der Waals surface area (Å²) < 4.78 is 15.2. The Balaban J connectivity index is 1.49. The number of fused-ring (bicyclic) bond motifs is 1. The number of amides is 4. The number of primary amides is 1. The van der Waals surface area contributed by atoms with Crippen molar-refractivity contribution in [2.75, 3.05) is 11.9 Å². The van der Waals surface area contributed by atoms with Crippen LogP contribution in [0.15, 0.2) is 30.5 Å². The van der Waals surface area contributed by atoms with E-state index in [1.165, 1.54) is 34.0 Å². The van der Waals surface area contributed by atoms with Crippen molar-refractivity contribution in [1.82, 2.24) is 25.0 Å². The first-order valence-electron chi connectivity index (χ1n) is 10.8. The number of pyridine rings is 1. The van der Waals surface area contributed by atoms with E-state index >= 15 is 0 Å². The van der Waals surface area contributed by atoms with E-state index in [-0.39, 0.29) is 58.7 Å². The third kappa shape index (κ3) is 5.51. The smallest absolute Gasteiger partial charge is 0.409 e. The second-order valence-electron chi connectivity index (χ2n) is 8.14. The molecule has 0 aliphatic heterocycles. The Bertz CT molecular complexity index is 1370. The van der Waals surface area contributed by atoms with Crippen LogP contribution < -0.4 is 16.4 Å². The third-order valence-electron chi connectivity index (χ3n) is 5.49. The summed E-state index contributed by atoms with van der Waals surface area (Å²) >= 11 is 5.76. The Morgan fingerprint density at radius 1 is 1.28 bits per heavy atom. The second kappa shape index (κ2) is 10.2. The molecule has 14 heteroatoms. The lowest BCUT2D eigenvalue weighted by atomic mass is 10.2. The Morgan fingerprint density at radius 3 is 2.69 bits per heavy atom. The number of benzene rings is 1. The zero-order valence-corrected chi connectivity index (χ0v) is 19.5. The highest BCUT2D eigenvalue weighted by molar-refractivity contribution is 6.30. The molecule has 1 fully saturated rings. The maximum absolute atomic E-state index is 14.1. The van der Waals surface area contributed by atoms with E-state index in [4.69, 9.17) is 22.4 Å². The van der Waals surface area contributed by atoms with Gasteiger partial charge in [0.05, 0.1) is 28.8 Å². The number of carboxylic acid groups (broad SMARTS) is 1. The fourth-order valence-electron chi connectivity index (χ4n) is 3.66. The fourth-order valence-corrected chi connectivity index (χ4v) is 3.85. The van der Waals surface area contributed by atoms with Gasteiger partial charge >= 0.3 is 6.09 Å². The number of hydrogen-bond acceptors (Lipinski definition) is 6. The molecule has 4 rings (SSSR count). The highest BCUT2D eigenvalue weighted by Crippen LogP contribution is 2.27. The van der Waals surface area contributed by atoms with E-state index in [1.807, 2.05) is 0 Å². The van der Waals surface area contributed by atoms with Crippen LogP contribution in [0, 0.1) is 5.82 Å². The monoisotopic (exact) mass is 517 g/mol. The van der Waals surface area contributed by atoms with Crippen LogP contribution in [0.25, 0.3) is 11.0 Å². The van der Waals surface area contributed by atoms with Crippen LogP contribution in [-0.2, 0) is 22.7 Å². The van der Waals surface area contributed by atoms with Gasteiger partial charge in [-0.05, 0) is 25.0 Å². The molecule has 1 saturated carbocycles. The maximum Gasteiger partial charge on any atom is 0.409 e. The van der Waals surface area contributed by atoms with Gasteiger partial charge in [0, 0.05) is 18.2 Å². The normalized spacial score (nSPS) is 12.8. The zero-order chi connectivity index (χ0) is 26.0. The number of nitrogens with two attached hydrogens (primary N) is 1. The van der Waals surface area contributed by atoms with Crippen LogP contribution in [0.3, 0.4) is 0 Å². The first-order chi connectivity index (χ1) is 17.1. The standard InChI is InChI=1S/C22H21ClFN7O5/c23-15-3-1-2-11(18(15)24)7-26-16(32)9-30(13-4-5-13)17(33)10-31-21-14(19(29-31)20(25)34)6-12(8-27-21)28-22(35)36/h1-3,6,8,13,28H,4-5,7,9-10H2,(H2,25,34)(H,26,32)(H,35,36). The molecule has 0 atom stereocenters. The first kappa shape index (κ1) is 24.9. The molecule has 4 amide bonds. The van der Waals surface area contributed by atoms with Crippen LogP contribution in [-0.4, -0.2) is 61.2 Å². The molecule has 1 aliphatic carbocycles. The lowest BCUT2D eigenvalue weighted by molar-refractivity contribution is -0.137. The van der Waals surface area contributed by atoms with Crippen molar-refractivity contribution in [2.24, 2.45) is 5.73 Å². The Hall–Kier alpha value is -4.26. The summed E-state index contributed by atoms with van der Waals surface area (Å²) in [5, 5.41) is 17.8. The van der Waals surface area contributed by atoms with Gasteiger partial charge in [-0.3, -0.25) is 19.7 Å². The first-order valence-corrected chi connectivity index (χ1v) is 11.2. The molecule has 1 aliphatic rings. The van der Waals surface area contributed by atoms with E-state index in [2.05, 4.69) is 20.7 Å². The Kier molecular flexibility index (Phi) is 7.01. The average Bonchev–Trinajstić information content (AvgIpc) is 3.60. The van der Waals surface area contributed by atoms with Crippen molar-refractivity contribution < 1.29 is 28.7 Å². The largest absolute Gasteiger partial charge is 0.465 e. The summed E-state index contributed by atoms with van der Waals surface area (Å²) in [7, 11) is 0. The van der Waals surface area contributed by atoms with Crippen LogP contribution >= 0.6 is 11.6 Å². The zero-order valence-electron chi connectivity index (χ0n) is 18.7. The highest BCUT2D eigenvalue weighted by Gasteiger charge is 2.34. The van der Waals surface area contributed by atoms with Crippen molar-refractivity contribution in [3.05, 3.63) is 52.6 Å². The van der Waals surface area contributed by atoms with E-state index in [0.717, 1.165) is 12.8 Å². The van der Waals surface area contributed by atoms with Crippen molar-refractivity contribution in [3.63, 3.8) is 0 Å². The molecule has 3 aromatic rings.